The van der Waals surface area contributed by atoms with Gasteiger partial charge in [-0.3, -0.25) is 0 Å². The van der Waals surface area contributed by atoms with Gasteiger partial charge in [-0.25, -0.2) is 14.1 Å². The van der Waals surface area contributed by atoms with E-state index in [2.05, 4.69) is 4.99 Å². The molecule has 0 aliphatic carbocycles. The number of hydrogen-bond donors (Lipinski definition) is 0. The van der Waals surface area contributed by atoms with Crippen molar-refractivity contribution >= 4 is 23.2 Å². The Morgan fingerprint density at radius 1 is 1.33 bits per heavy atom. The van der Waals surface area contributed by atoms with E-state index in [1.165, 1.54) is 0 Å². The van der Waals surface area contributed by atoms with Crippen LogP contribution in [-0.2, 0) is 18.8 Å². The zero-order chi connectivity index (χ0) is 13.1. The molecular weight excluding hydrogens is 250 g/mol. The van der Waals surface area contributed by atoms with Crippen molar-refractivity contribution in [3.05, 3.63) is 47.5 Å². The standard InChI is InChI=1S/C13H15ClN3O/c1-16-8-9-17(2)13(16)12(18-3)15-11-6-4-10(14)5-7-11/h4-9H,1-3H3/q+1. The Hall–Kier alpha value is -1.81. The fourth-order valence-corrected chi connectivity index (χ4v) is 1.84. The predicted octanol–water partition coefficient (Wildman–Crippen LogP) is 2.23. The van der Waals surface area contributed by atoms with Gasteiger partial charge in [0.15, 0.2) is 0 Å². The second-order valence-corrected chi connectivity index (χ2v) is 4.38. The molecule has 94 valence electrons. The molecule has 1 heterocycles. The average Bonchev–Trinajstić information content (AvgIpc) is 2.69. The number of hydrogen-bond acceptors (Lipinski definition) is 2. The van der Waals surface area contributed by atoms with Crippen molar-refractivity contribution in [2.75, 3.05) is 7.11 Å². The third-order valence-corrected chi connectivity index (χ3v) is 2.88. The second-order valence-electron chi connectivity index (χ2n) is 3.94. The highest BCUT2D eigenvalue weighted by atomic mass is 35.5. The Morgan fingerprint density at radius 3 is 2.50 bits per heavy atom. The number of nitrogens with zero attached hydrogens (tertiary/aromatic N) is 3. The Labute approximate surface area is 111 Å². The maximum Gasteiger partial charge on any atom is 0.344 e. The number of rotatable bonds is 2. The summed E-state index contributed by atoms with van der Waals surface area (Å²) < 4.78 is 9.28. The van der Waals surface area contributed by atoms with E-state index in [9.17, 15) is 0 Å². The summed E-state index contributed by atoms with van der Waals surface area (Å²) in [6.45, 7) is 0. The Kier molecular flexibility index (Phi) is 3.67. The summed E-state index contributed by atoms with van der Waals surface area (Å²) in [5, 5.41) is 0.692. The average molecular weight is 265 g/mol. The van der Waals surface area contributed by atoms with E-state index in [-0.39, 0.29) is 0 Å². The van der Waals surface area contributed by atoms with Gasteiger partial charge in [0.05, 0.1) is 26.9 Å². The number of imidazole rings is 1. The fourth-order valence-electron chi connectivity index (χ4n) is 1.71. The van der Waals surface area contributed by atoms with Gasteiger partial charge >= 0.3 is 11.7 Å². The van der Waals surface area contributed by atoms with Crippen LogP contribution in [0.1, 0.15) is 5.82 Å². The lowest BCUT2D eigenvalue weighted by molar-refractivity contribution is -0.672. The molecule has 18 heavy (non-hydrogen) atoms. The Bertz CT molecular complexity index is 553. The number of benzene rings is 1. The summed E-state index contributed by atoms with van der Waals surface area (Å²) in [6, 6.07) is 7.31. The van der Waals surface area contributed by atoms with Crippen LogP contribution in [0.2, 0.25) is 5.02 Å². The van der Waals surface area contributed by atoms with Crippen molar-refractivity contribution in [2.24, 2.45) is 19.1 Å². The lowest BCUT2D eigenvalue weighted by Gasteiger charge is -2.02. The molecule has 0 saturated carbocycles. The van der Waals surface area contributed by atoms with Crippen LogP contribution in [0.25, 0.3) is 0 Å². The first-order valence-corrected chi connectivity index (χ1v) is 5.89. The van der Waals surface area contributed by atoms with E-state index >= 15 is 0 Å². The molecule has 5 heteroatoms. The van der Waals surface area contributed by atoms with Gasteiger partial charge in [0.25, 0.3) is 0 Å². The number of aryl methyl sites for hydroxylation is 2. The van der Waals surface area contributed by atoms with Gasteiger partial charge in [0, 0.05) is 5.02 Å². The van der Waals surface area contributed by atoms with Gasteiger partial charge in [-0.2, -0.15) is 0 Å². The van der Waals surface area contributed by atoms with Crippen LogP contribution in [0.5, 0.6) is 0 Å². The topological polar surface area (TPSA) is 30.4 Å². The van der Waals surface area contributed by atoms with Crippen molar-refractivity contribution in [1.82, 2.24) is 4.57 Å². The van der Waals surface area contributed by atoms with Gasteiger partial charge in [-0.1, -0.05) is 11.6 Å². The first-order valence-electron chi connectivity index (χ1n) is 5.51. The molecule has 0 spiro atoms. The van der Waals surface area contributed by atoms with E-state index in [0.717, 1.165) is 11.5 Å². The third-order valence-electron chi connectivity index (χ3n) is 2.62. The highest BCUT2D eigenvalue weighted by molar-refractivity contribution is 6.30. The summed E-state index contributed by atoms with van der Waals surface area (Å²) in [4.78, 5) is 4.48. The smallest absolute Gasteiger partial charge is 0.344 e. The van der Waals surface area contributed by atoms with E-state index < -0.39 is 0 Å². The van der Waals surface area contributed by atoms with Gasteiger partial charge < -0.3 is 4.74 Å². The number of methoxy groups -OCH3 is 1. The van der Waals surface area contributed by atoms with Gasteiger partial charge in [-0.15, -0.1) is 0 Å². The van der Waals surface area contributed by atoms with Crippen LogP contribution >= 0.6 is 11.6 Å². The Morgan fingerprint density at radius 2 is 2.00 bits per heavy atom. The van der Waals surface area contributed by atoms with E-state index in [1.54, 1.807) is 19.2 Å². The van der Waals surface area contributed by atoms with Crippen LogP contribution in [0, 0.1) is 0 Å². The number of ether oxygens (including phenoxy) is 1. The fraction of sp³-hybridized carbons (Fsp3) is 0.231. The first kappa shape index (κ1) is 12.6. The molecule has 0 amide bonds. The minimum atomic E-state index is 0.562. The SMILES string of the molecule is COC(=Nc1ccc(Cl)cc1)c1n(C)cc[n+]1C. The van der Waals surface area contributed by atoms with Crippen molar-refractivity contribution in [2.45, 2.75) is 0 Å². The second kappa shape index (κ2) is 5.23. The number of aromatic nitrogens is 2. The minimum Gasteiger partial charge on any atom is -0.475 e. The maximum atomic E-state index is 5.84. The molecular formula is C13H15ClN3O+. The monoisotopic (exact) mass is 264 g/mol. The van der Waals surface area contributed by atoms with Gasteiger partial charge in [-0.05, 0) is 24.3 Å². The first-order chi connectivity index (χ1) is 8.61. The largest absolute Gasteiger partial charge is 0.475 e. The normalized spacial score (nSPS) is 11.7. The molecule has 0 saturated heterocycles. The highest BCUT2D eigenvalue weighted by Gasteiger charge is 2.19. The molecule has 0 bridgehead atoms. The van der Waals surface area contributed by atoms with Crippen molar-refractivity contribution < 1.29 is 9.30 Å². The molecule has 0 aliphatic heterocycles. The predicted molar refractivity (Wildman–Crippen MR) is 71.2 cm³/mol. The van der Waals surface area contributed by atoms with Crippen molar-refractivity contribution in [1.29, 1.82) is 0 Å². The van der Waals surface area contributed by atoms with Gasteiger partial charge in [0.2, 0.25) is 0 Å². The van der Waals surface area contributed by atoms with E-state index in [1.807, 2.05) is 47.8 Å². The maximum absolute atomic E-state index is 5.84. The molecule has 0 atom stereocenters. The molecule has 0 unspecified atom stereocenters. The minimum absolute atomic E-state index is 0.562. The van der Waals surface area contributed by atoms with Crippen molar-refractivity contribution in [3.63, 3.8) is 0 Å². The van der Waals surface area contributed by atoms with Gasteiger partial charge in [0.1, 0.15) is 12.4 Å². The number of halogens is 1. The van der Waals surface area contributed by atoms with E-state index in [0.29, 0.717) is 10.9 Å². The highest BCUT2D eigenvalue weighted by Crippen LogP contribution is 2.17. The molecule has 0 fully saturated rings. The lowest BCUT2D eigenvalue weighted by Crippen LogP contribution is -2.35. The zero-order valence-electron chi connectivity index (χ0n) is 10.6. The number of aliphatic imine (C=N–C) groups is 1. The third kappa shape index (κ3) is 2.54. The van der Waals surface area contributed by atoms with Crippen LogP contribution < -0.4 is 4.57 Å². The van der Waals surface area contributed by atoms with Crippen LogP contribution in [0.15, 0.2) is 41.7 Å². The van der Waals surface area contributed by atoms with Crippen LogP contribution in [0.4, 0.5) is 5.69 Å². The molecule has 0 aliphatic rings. The van der Waals surface area contributed by atoms with Crippen LogP contribution in [0.3, 0.4) is 0 Å². The summed E-state index contributed by atoms with van der Waals surface area (Å²) in [6.07, 6.45) is 3.90. The zero-order valence-corrected chi connectivity index (χ0v) is 11.3. The molecule has 4 nitrogen and oxygen atoms in total. The molecule has 1 aromatic heterocycles. The quantitative estimate of drug-likeness (QED) is 0.465. The summed E-state index contributed by atoms with van der Waals surface area (Å²) in [5.74, 6) is 1.46. The van der Waals surface area contributed by atoms with Crippen LogP contribution in [-0.4, -0.2) is 17.6 Å². The molecule has 2 aromatic rings. The lowest BCUT2D eigenvalue weighted by atomic mass is 10.3. The Balaban J connectivity index is 2.43. The molecule has 0 N–H and O–H groups in total. The molecule has 2 rings (SSSR count). The molecule has 1 aromatic carbocycles. The summed E-state index contributed by atoms with van der Waals surface area (Å²) in [5.41, 5.74) is 0.803. The van der Waals surface area contributed by atoms with Crippen molar-refractivity contribution in [3.8, 4) is 0 Å². The molecule has 0 radical (unpaired) electrons. The summed E-state index contributed by atoms with van der Waals surface area (Å²) >= 11 is 5.84. The van der Waals surface area contributed by atoms with E-state index in [4.69, 9.17) is 16.3 Å². The summed E-state index contributed by atoms with van der Waals surface area (Å²) in [7, 11) is 5.51.